The molecule has 2 aromatic rings. The van der Waals surface area contributed by atoms with E-state index in [0.717, 1.165) is 0 Å². The van der Waals surface area contributed by atoms with Crippen molar-refractivity contribution < 1.29 is 27.5 Å². The molecule has 0 fully saturated rings. The number of anilines is 1. The van der Waals surface area contributed by atoms with E-state index in [2.05, 4.69) is 15.2 Å². The molecule has 0 unspecified atom stereocenters. The van der Waals surface area contributed by atoms with Crippen molar-refractivity contribution in [2.24, 2.45) is 5.16 Å². The highest BCUT2D eigenvalue weighted by Crippen LogP contribution is 2.17. The summed E-state index contributed by atoms with van der Waals surface area (Å²) < 4.78 is 40.9. The van der Waals surface area contributed by atoms with Crippen LogP contribution < -0.4 is 10.1 Å². The Morgan fingerprint density at radius 2 is 1.79 bits per heavy atom. The van der Waals surface area contributed by atoms with Crippen molar-refractivity contribution in [2.45, 2.75) is 6.61 Å². The van der Waals surface area contributed by atoms with Gasteiger partial charge in [0.2, 0.25) is 0 Å². The van der Waals surface area contributed by atoms with Crippen LogP contribution in [0.15, 0.2) is 53.7 Å². The number of benzene rings is 2. The zero-order valence-corrected chi connectivity index (χ0v) is 12.3. The molecule has 0 saturated carbocycles. The summed E-state index contributed by atoms with van der Waals surface area (Å²) in [6.07, 6.45) is 1.34. The van der Waals surface area contributed by atoms with Gasteiger partial charge >= 0.3 is 6.61 Å². The van der Waals surface area contributed by atoms with E-state index in [1.165, 1.54) is 54.7 Å². The fraction of sp³-hybridized carbons (Fsp3) is 0.125. The van der Waals surface area contributed by atoms with Gasteiger partial charge in [0.05, 0.1) is 6.21 Å². The minimum Gasteiger partial charge on any atom is -0.435 e. The topological polar surface area (TPSA) is 59.9 Å². The number of nitrogens with zero attached hydrogens (tertiary/aromatic N) is 1. The molecule has 0 aliphatic rings. The van der Waals surface area contributed by atoms with Crippen molar-refractivity contribution in [3.8, 4) is 5.75 Å². The first kappa shape index (κ1) is 17.3. The number of nitrogens with one attached hydrogen (secondary N) is 1. The summed E-state index contributed by atoms with van der Waals surface area (Å²) >= 11 is 0. The van der Waals surface area contributed by atoms with Gasteiger partial charge in [0.25, 0.3) is 5.91 Å². The molecule has 0 radical (unpaired) electrons. The van der Waals surface area contributed by atoms with Gasteiger partial charge < -0.3 is 14.9 Å². The van der Waals surface area contributed by atoms with Crippen LogP contribution in [0.4, 0.5) is 18.9 Å². The maximum absolute atomic E-state index is 12.7. The van der Waals surface area contributed by atoms with E-state index in [0.29, 0.717) is 11.3 Å². The standard InChI is InChI=1S/C16H13F3N2O3/c17-12-3-1-11(2-4-12)9-20-23-10-15(22)21-13-5-7-14(8-6-13)24-16(18)19/h1-9,16H,10H2,(H,21,22)/b20-9+. The van der Waals surface area contributed by atoms with Gasteiger partial charge in [-0.25, -0.2) is 4.39 Å². The number of oxime groups is 1. The van der Waals surface area contributed by atoms with Crippen LogP contribution in [0.2, 0.25) is 0 Å². The molecule has 0 saturated heterocycles. The third-order valence-electron chi connectivity index (χ3n) is 2.71. The predicted octanol–water partition coefficient (Wildman–Crippen LogP) is 3.42. The van der Waals surface area contributed by atoms with Crippen LogP contribution in [0, 0.1) is 5.82 Å². The van der Waals surface area contributed by atoms with Gasteiger partial charge in [-0.3, -0.25) is 4.79 Å². The number of hydrogen-bond acceptors (Lipinski definition) is 4. The van der Waals surface area contributed by atoms with Crippen LogP contribution in [0.25, 0.3) is 0 Å². The smallest absolute Gasteiger partial charge is 0.387 e. The van der Waals surface area contributed by atoms with Crippen LogP contribution >= 0.6 is 0 Å². The maximum Gasteiger partial charge on any atom is 0.387 e. The zero-order chi connectivity index (χ0) is 17.4. The monoisotopic (exact) mass is 338 g/mol. The molecule has 2 rings (SSSR count). The largest absolute Gasteiger partial charge is 0.435 e. The summed E-state index contributed by atoms with van der Waals surface area (Å²) in [5.74, 6) is -0.852. The van der Waals surface area contributed by atoms with Crippen molar-refractivity contribution in [1.29, 1.82) is 0 Å². The van der Waals surface area contributed by atoms with Gasteiger partial charge in [-0.2, -0.15) is 8.78 Å². The highest BCUT2D eigenvalue weighted by Gasteiger charge is 2.05. The van der Waals surface area contributed by atoms with Gasteiger partial charge in [0.15, 0.2) is 6.61 Å². The number of alkyl halides is 2. The van der Waals surface area contributed by atoms with Crippen molar-refractivity contribution >= 4 is 17.8 Å². The Hall–Kier alpha value is -3.03. The molecule has 2 aromatic carbocycles. The predicted molar refractivity (Wildman–Crippen MR) is 81.6 cm³/mol. The molecule has 24 heavy (non-hydrogen) atoms. The zero-order valence-electron chi connectivity index (χ0n) is 12.3. The number of amides is 1. The number of carbonyl (C=O) groups excluding carboxylic acids is 1. The summed E-state index contributed by atoms with van der Waals surface area (Å²) in [5, 5.41) is 6.09. The third-order valence-corrected chi connectivity index (χ3v) is 2.71. The minimum atomic E-state index is -2.90. The molecule has 126 valence electrons. The van der Waals surface area contributed by atoms with E-state index in [9.17, 15) is 18.0 Å². The van der Waals surface area contributed by atoms with Crippen LogP contribution in [0.3, 0.4) is 0 Å². The molecule has 0 aromatic heterocycles. The maximum atomic E-state index is 12.7. The van der Waals surface area contributed by atoms with Crippen LogP contribution in [0.1, 0.15) is 5.56 Å². The molecular formula is C16H13F3N2O3. The Morgan fingerprint density at radius 3 is 2.42 bits per heavy atom. The summed E-state index contributed by atoms with van der Waals surface area (Å²) in [5.41, 5.74) is 1.01. The van der Waals surface area contributed by atoms with E-state index in [1.54, 1.807) is 0 Å². The lowest BCUT2D eigenvalue weighted by Gasteiger charge is -2.07. The van der Waals surface area contributed by atoms with Gasteiger partial charge in [-0.05, 0) is 42.0 Å². The fourth-order valence-corrected chi connectivity index (χ4v) is 1.66. The number of carbonyl (C=O) groups is 1. The van der Waals surface area contributed by atoms with Gasteiger partial charge in [0, 0.05) is 5.69 Å². The lowest BCUT2D eigenvalue weighted by molar-refractivity contribution is -0.120. The molecule has 0 bridgehead atoms. The van der Waals surface area contributed by atoms with Crippen molar-refractivity contribution in [3.05, 3.63) is 59.9 Å². The average molecular weight is 338 g/mol. The van der Waals surface area contributed by atoms with Crippen molar-refractivity contribution in [1.82, 2.24) is 0 Å². The number of hydrogen-bond donors (Lipinski definition) is 1. The Labute approximate surface area is 135 Å². The number of halogens is 3. The highest BCUT2D eigenvalue weighted by atomic mass is 19.3. The normalized spacial score (nSPS) is 10.8. The summed E-state index contributed by atoms with van der Waals surface area (Å²) in [6, 6.07) is 11.0. The van der Waals surface area contributed by atoms with E-state index in [4.69, 9.17) is 4.84 Å². The first-order valence-corrected chi connectivity index (χ1v) is 6.78. The van der Waals surface area contributed by atoms with Crippen LogP contribution in [-0.2, 0) is 9.63 Å². The van der Waals surface area contributed by atoms with Crippen molar-refractivity contribution in [2.75, 3.05) is 11.9 Å². The summed E-state index contributed by atoms with van der Waals surface area (Å²) in [4.78, 5) is 16.4. The molecule has 0 spiro atoms. The average Bonchev–Trinajstić information content (AvgIpc) is 2.55. The van der Waals surface area contributed by atoms with Gasteiger partial charge in [-0.15, -0.1) is 0 Å². The second-order valence-electron chi connectivity index (χ2n) is 4.51. The second-order valence-corrected chi connectivity index (χ2v) is 4.51. The van der Waals surface area contributed by atoms with Gasteiger partial charge in [-0.1, -0.05) is 17.3 Å². The lowest BCUT2D eigenvalue weighted by Crippen LogP contribution is -2.16. The number of rotatable bonds is 7. The van der Waals surface area contributed by atoms with Crippen LogP contribution in [-0.4, -0.2) is 25.3 Å². The SMILES string of the molecule is O=C(CO/N=C/c1ccc(F)cc1)Nc1ccc(OC(F)F)cc1. The first-order chi connectivity index (χ1) is 11.5. The first-order valence-electron chi connectivity index (χ1n) is 6.78. The van der Waals surface area contributed by atoms with Crippen LogP contribution in [0.5, 0.6) is 5.75 Å². The van der Waals surface area contributed by atoms with E-state index >= 15 is 0 Å². The molecule has 8 heteroatoms. The molecule has 1 amide bonds. The molecule has 0 aliphatic heterocycles. The Kier molecular flexibility index (Phi) is 6.18. The number of ether oxygens (including phenoxy) is 1. The minimum absolute atomic E-state index is 0.0110. The quantitative estimate of drug-likeness (QED) is 0.622. The third kappa shape index (κ3) is 5.99. The van der Waals surface area contributed by atoms with E-state index in [1.807, 2.05) is 0 Å². The van der Waals surface area contributed by atoms with E-state index in [-0.39, 0.29) is 18.2 Å². The Balaban J connectivity index is 1.75. The molecule has 5 nitrogen and oxygen atoms in total. The fourth-order valence-electron chi connectivity index (χ4n) is 1.66. The molecule has 0 atom stereocenters. The molecule has 0 aliphatic carbocycles. The summed E-state index contributed by atoms with van der Waals surface area (Å²) in [7, 11) is 0. The Morgan fingerprint density at radius 1 is 1.12 bits per heavy atom. The molecular weight excluding hydrogens is 325 g/mol. The van der Waals surface area contributed by atoms with E-state index < -0.39 is 12.5 Å². The highest BCUT2D eigenvalue weighted by molar-refractivity contribution is 5.91. The second kappa shape index (κ2) is 8.56. The van der Waals surface area contributed by atoms with Crippen molar-refractivity contribution in [3.63, 3.8) is 0 Å². The van der Waals surface area contributed by atoms with Gasteiger partial charge in [0.1, 0.15) is 11.6 Å². The lowest BCUT2D eigenvalue weighted by atomic mass is 10.2. The summed E-state index contributed by atoms with van der Waals surface area (Å²) in [6.45, 7) is -3.25. The molecule has 0 heterocycles. The molecule has 1 N–H and O–H groups in total. The Bertz CT molecular complexity index is 689.